The minimum Gasteiger partial charge on any atom is -0.310 e. The molecule has 4 heteroatoms. The van der Waals surface area contributed by atoms with Crippen LogP contribution in [-0.2, 0) is 6.54 Å². The van der Waals surface area contributed by atoms with Crippen molar-refractivity contribution in [1.29, 1.82) is 0 Å². The van der Waals surface area contributed by atoms with Gasteiger partial charge in [-0.25, -0.2) is 4.39 Å². The zero-order valence-electron chi connectivity index (χ0n) is 12.8. The summed E-state index contributed by atoms with van der Waals surface area (Å²) in [5, 5.41) is 3.75. The van der Waals surface area contributed by atoms with Gasteiger partial charge < -0.3 is 5.32 Å². The van der Waals surface area contributed by atoms with E-state index in [0.717, 1.165) is 35.5 Å². The van der Waals surface area contributed by atoms with Crippen LogP contribution in [0.2, 0.25) is 0 Å². The van der Waals surface area contributed by atoms with Crippen molar-refractivity contribution in [2.24, 2.45) is 5.92 Å². The lowest BCUT2D eigenvalue weighted by molar-refractivity contribution is 0.153. The highest BCUT2D eigenvalue weighted by atomic mass is 79.9. The average Bonchev–Trinajstić information content (AvgIpc) is 3.26. The maximum Gasteiger partial charge on any atom is 0.127 e. The fourth-order valence-corrected chi connectivity index (χ4v) is 3.88. The van der Waals surface area contributed by atoms with Crippen LogP contribution >= 0.6 is 15.9 Å². The summed E-state index contributed by atoms with van der Waals surface area (Å²) in [6.45, 7) is 7.36. The number of rotatable bonds is 3. The zero-order valence-corrected chi connectivity index (χ0v) is 14.4. The lowest BCUT2D eigenvalue weighted by Crippen LogP contribution is -2.51. The van der Waals surface area contributed by atoms with E-state index < -0.39 is 0 Å². The Morgan fingerprint density at radius 1 is 1.38 bits per heavy atom. The molecule has 21 heavy (non-hydrogen) atoms. The largest absolute Gasteiger partial charge is 0.310 e. The van der Waals surface area contributed by atoms with E-state index in [9.17, 15) is 4.39 Å². The van der Waals surface area contributed by atoms with Gasteiger partial charge in [-0.1, -0.05) is 15.9 Å². The molecule has 1 heterocycles. The molecule has 0 aromatic heterocycles. The molecule has 1 N–H and O–H groups in total. The summed E-state index contributed by atoms with van der Waals surface area (Å²) >= 11 is 3.45. The van der Waals surface area contributed by atoms with E-state index in [1.807, 2.05) is 6.07 Å². The highest BCUT2D eigenvalue weighted by molar-refractivity contribution is 9.10. The molecule has 3 rings (SSSR count). The van der Waals surface area contributed by atoms with Crippen LogP contribution in [0.3, 0.4) is 0 Å². The lowest BCUT2D eigenvalue weighted by atomic mass is 9.95. The Morgan fingerprint density at radius 3 is 2.86 bits per heavy atom. The average molecular weight is 355 g/mol. The third-order valence-electron chi connectivity index (χ3n) is 5.11. The predicted octanol–water partition coefficient (Wildman–Crippen LogP) is 3.94. The number of nitrogens with zero attached hydrogens (tertiary/aromatic N) is 1. The standard InChI is InChI=1S/C17H24BrFN2/c1-12-7-8-20-17(2,14-3-4-14)11-21(12)10-13-9-15(18)5-6-16(13)19/h5-6,9,12,14,20H,3-4,7-8,10-11H2,1-2H3. The van der Waals surface area contributed by atoms with Crippen molar-refractivity contribution in [2.45, 2.75) is 51.2 Å². The van der Waals surface area contributed by atoms with Crippen LogP contribution in [0.4, 0.5) is 4.39 Å². The monoisotopic (exact) mass is 354 g/mol. The van der Waals surface area contributed by atoms with Gasteiger partial charge in [0.25, 0.3) is 0 Å². The molecule has 116 valence electrons. The Balaban J connectivity index is 1.79. The molecule has 0 spiro atoms. The van der Waals surface area contributed by atoms with Crippen LogP contribution in [0, 0.1) is 11.7 Å². The van der Waals surface area contributed by atoms with Crippen molar-refractivity contribution in [3.8, 4) is 0 Å². The normalized spacial score (nSPS) is 31.1. The van der Waals surface area contributed by atoms with Gasteiger partial charge in [-0.2, -0.15) is 0 Å². The van der Waals surface area contributed by atoms with Crippen LogP contribution in [-0.4, -0.2) is 29.6 Å². The van der Waals surface area contributed by atoms with Crippen molar-refractivity contribution in [3.05, 3.63) is 34.1 Å². The van der Waals surface area contributed by atoms with Gasteiger partial charge in [0.2, 0.25) is 0 Å². The molecule has 2 atom stereocenters. The van der Waals surface area contributed by atoms with Gasteiger partial charge in [-0.15, -0.1) is 0 Å². The van der Waals surface area contributed by atoms with Gasteiger partial charge in [0.15, 0.2) is 0 Å². The van der Waals surface area contributed by atoms with E-state index in [4.69, 9.17) is 0 Å². The predicted molar refractivity (Wildman–Crippen MR) is 87.7 cm³/mol. The van der Waals surface area contributed by atoms with Crippen molar-refractivity contribution >= 4 is 15.9 Å². The summed E-state index contributed by atoms with van der Waals surface area (Å²) in [5.74, 6) is 0.688. The van der Waals surface area contributed by atoms with Crippen LogP contribution in [0.15, 0.2) is 22.7 Å². The Morgan fingerprint density at radius 2 is 2.14 bits per heavy atom. The minimum atomic E-state index is -0.101. The van der Waals surface area contributed by atoms with Crippen molar-refractivity contribution in [2.75, 3.05) is 13.1 Å². The van der Waals surface area contributed by atoms with Crippen molar-refractivity contribution in [3.63, 3.8) is 0 Å². The number of hydrogen-bond donors (Lipinski definition) is 1. The molecular formula is C17H24BrFN2. The highest BCUT2D eigenvalue weighted by Gasteiger charge is 2.43. The topological polar surface area (TPSA) is 15.3 Å². The zero-order chi connectivity index (χ0) is 15.0. The first-order valence-electron chi connectivity index (χ1n) is 7.91. The van der Waals surface area contributed by atoms with Gasteiger partial charge in [-0.3, -0.25) is 4.90 Å². The van der Waals surface area contributed by atoms with Gasteiger partial charge in [0, 0.05) is 34.7 Å². The minimum absolute atomic E-state index is 0.101. The Labute approximate surface area is 135 Å². The second-order valence-corrected chi connectivity index (χ2v) is 7.81. The molecule has 2 unspecified atom stereocenters. The third-order valence-corrected chi connectivity index (χ3v) is 5.60. The summed E-state index contributed by atoms with van der Waals surface area (Å²) in [6, 6.07) is 5.71. The molecule has 2 aliphatic rings. The Kier molecular flexibility index (Phi) is 4.40. The number of halogens is 2. The number of nitrogens with one attached hydrogen (secondary N) is 1. The van der Waals surface area contributed by atoms with Gasteiger partial charge in [0.1, 0.15) is 5.82 Å². The van der Waals surface area contributed by atoms with Gasteiger partial charge in [0.05, 0.1) is 0 Å². The molecule has 0 radical (unpaired) electrons. The fourth-order valence-electron chi connectivity index (χ4n) is 3.47. The molecule has 1 aliphatic carbocycles. The van der Waals surface area contributed by atoms with E-state index in [0.29, 0.717) is 12.6 Å². The van der Waals surface area contributed by atoms with Crippen molar-refractivity contribution in [1.82, 2.24) is 10.2 Å². The second kappa shape index (κ2) is 5.98. The third kappa shape index (κ3) is 3.49. The van der Waals surface area contributed by atoms with Gasteiger partial charge >= 0.3 is 0 Å². The Bertz CT molecular complexity index is 518. The molecule has 2 nitrogen and oxygen atoms in total. The maximum atomic E-state index is 14.1. The molecule has 1 aromatic carbocycles. The smallest absolute Gasteiger partial charge is 0.127 e. The van der Waals surface area contributed by atoms with Crippen LogP contribution < -0.4 is 5.32 Å². The first-order valence-corrected chi connectivity index (χ1v) is 8.70. The van der Waals surface area contributed by atoms with Crippen LogP contribution in [0.25, 0.3) is 0 Å². The van der Waals surface area contributed by atoms with E-state index in [2.05, 4.69) is 40.0 Å². The van der Waals surface area contributed by atoms with Crippen molar-refractivity contribution < 1.29 is 4.39 Å². The molecule has 0 bridgehead atoms. The van der Waals surface area contributed by atoms with E-state index >= 15 is 0 Å². The fraction of sp³-hybridized carbons (Fsp3) is 0.647. The summed E-state index contributed by atoms with van der Waals surface area (Å²) in [4.78, 5) is 2.45. The summed E-state index contributed by atoms with van der Waals surface area (Å²) in [7, 11) is 0. The molecule has 1 saturated carbocycles. The molecule has 1 aliphatic heterocycles. The van der Waals surface area contributed by atoms with Crippen LogP contribution in [0.5, 0.6) is 0 Å². The quantitative estimate of drug-likeness (QED) is 0.884. The first-order chi connectivity index (χ1) is 9.98. The number of benzene rings is 1. The summed E-state index contributed by atoms with van der Waals surface area (Å²) in [6.07, 6.45) is 3.78. The lowest BCUT2D eigenvalue weighted by Gasteiger charge is -2.36. The first kappa shape index (κ1) is 15.4. The summed E-state index contributed by atoms with van der Waals surface area (Å²) in [5.41, 5.74) is 0.976. The van der Waals surface area contributed by atoms with E-state index in [1.54, 1.807) is 12.1 Å². The SMILES string of the molecule is CC1CCNC(C)(C2CC2)CN1Cc1cc(Br)ccc1F. The molecule has 1 saturated heterocycles. The van der Waals surface area contributed by atoms with E-state index in [1.165, 1.54) is 12.8 Å². The highest BCUT2D eigenvalue weighted by Crippen LogP contribution is 2.41. The Hall–Kier alpha value is -0.450. The molecular weight excluding hydrogens is 331 g/mol. The molecule has 0 amide bonds. The van der Waals surface area contributed by atoms with Gasteiger partial charge in [-0.05, 0) is 63.8 Å². The second-order valence-electron chi connectivity index (χ2n) is 6.90. The molecule has 2 fully saturated rings. The maximum absolute atomic E-state index is 14.1. The number of hydrogen-bond acceptors (Lipinski definition) is 2. The van der Waals surface area contributed by atoms with E-state index in [-0.39, 0.29) is 11.4 Å². The summed E-state index contributed by atoms with van der Waals surface area (Å²) < 4.78 is 15.0. The van der Waals surface area contributed by atoms with Crippen LogP contribution in [0.1, 0.15) is 38.7 Å². The molecule has 1 aromatic rings.